The number of benzene rings is 3. The first-order chi connectivity index (χ1) is 17.9. The van der Waals surface area contributed by atoms with Crippen LogP contribution in [0, 0.1) is 10.1 Å². The maximum atomic E-state index is 12.8. The number of hydrazine groups is 1. The second kappa shape index (κ2) is 11.0. The maximum absolute atomic E-state index is 12.8. The van der Waals surface area contributed by atoms with E-state index in [1.54, 1.807) is 55.5 Å². The molecular formula is C27H21N3O7. The third-order valence-electron chi connectivity index (χ3n) is 5.19. The Kier molecular flexibility index (Phi) is 7.39. The standard InChI is InChI=1S/C27H21N3O7/c1-2-36-24-17-19(16-22-26(32)28-29(27(22)33)20-8-4-3-5-9-20)11-13-23(24)37-25(31)14-12-18-7-6-10-21(15-18)30(34)35/h3-17H,2H2,1H3,(H,28,32)/b14-12+,22-16-. The van der Waals surface area contributed by atoms with E-state index >= 15 is 0 Å². The number of nitro benzene ring substituents is 1. The van der Waals surface area contributed by atoms with Gasteiger partial charge in [0, 0.05) is 18.2 Å². The minimum Gasteiger partial charge on any atom is -0.490 e. The minimum absolute atomic E-state index is 0.0593. The van der Waals surface area contributed by atoms with Crippen LogP contribution in [0.15, 0.2) is 84.4 Å². The molecule has 0 spiro atoms. The number of anilines is 1. The molecule has 10 heteroatoms. The number of rotatable bonds is 8. The van der Waals surface area contributed by atoms with Crippen LogP contribution in [0.4, 0.5) is 11.4 Å². The fourth-order valence-corrected chi connectivity index (χ4v) is 3.50. The van der Waals surface area contributed by atoms with E-state index in [2.05, 4.69) is 5.43 Å². The van der Waals surface area contributed by atoms with Crippen molar-refractivity contribution in [3.05, 3.63) is 106 Å². The van der Waals surface area contributed by atoms with E-state index in [0.29, 0.717) is 16.8 Å². The zero-order chi connectivity index (χ0) is 26.4. The zero-order valence-corrected chi connectivity index (χ0v) is 19.6. The molecule has 37 heavy (non-hydrogen) atoms. The zero-order valence-electron chi connectivity index (χ0n) is 19.6. The lowest BCUT2D eigenvalue weighted by atomic mass is 10.1. The Labute approximate surface area is 211 Å². The molecule has 3 aromatic rings. The monoisotopic (exact) mass is 499 g/mol. The number of amides is 2. The minimum atomic E-state index is -0.720. The number of non-ortho nitro benzene ring substituents is 1. The second-order valence-electron chi connectivity index (χ2n) is 7.72. The van der Waals surface area contributed by atoms with Crippen LogP contribution in [-0.4, -0.2) is 29.3 Å². The molecule has 1 N–H and O–H groups in total. The molecular weight excluding hydrogens is 478 g/mol. The molecule has 0 saturated carbocycles. The van der Waals surface area contributed by atoms with E-state index in [9.17, 15) is 24.5 Å². The summed E-state index contributed by atoms with van der Waals surface area (Å²) >= 11 is 0. The summed E-state index contributed by atoms with van der Waals surface area (Å²) in [6.45, 7) is 2.03. The van der Waals surface area contributed by atoms with Gasteiger partial charge in [0.25, 0.3) is 17.5 Å². The molecule has 4 rings (SSSR count). The summed E-state index contributed by atoms with van der Waals surface area (Å²) in [6.07, 6.45) is 3.97. The Hall–Kier alpha value is -5.25. The highest BCUT2D eigenvalue weighted by molar-refractivity contribution is 6.31. The number of para-hydroxylation sites is 1. The lowest BCUT2D eigenvalue weighted by Crippen LogP contribution is -2.35. The fraction of sp³-hybridized carbons (Fsp3) is 0.0741. The van der Waals surface area contributed by atoms with Gasteiger partial charge in [0.1, 0.15) is 5.57 Å². The summed E-state index contributed by atoms with van der Waals surface area (Å²) in [4.78, 5) is 48.0. The Morgan fingerprint density at radius 2 is 1.78 bits per heavy atom. The van der Waals surface area contributed by atoms with Gasteiger partial charge in [-0.1, -0.05) is 36.4 Å². The van der Waals surface area contributed by atoms with Gasteiger partial charge in [-0.2, -0.15) is 0 Å². The van der Waals surface area contributed by atoms with Gasteiger partial charge in [0.05, 0.1) is 17.2 Å². The van der Waals surface area contributed by atoms with Crippen molar-refractivity contribution in [3.8, 4) is 11.5 Å². The van der Waals surface area contributed by atoms with E-state index < -0.39 is 22.7 Å². The summed E-state index contributed by atoms with van der Waals surface area (Å²) in [5.41, 5.74) is 3.86. The molecule has 1 fully saturated rings. The predicted octanol–water partition coefficient (Wildman–Crippen LogP) is 4.07. The highest BCUT2D eigenvalue weighted by Crippen LogP contribution is 2.30. The molecule has 0 atom stereocenters. The number of nitrogens with zero attached hydrogens (tertiary/aromatic N) is 2. The lowest BCUT2D eigenvalue weighted by molar-refractivity contribution is -0.384. The van der Waals surface area contributed by atoms with Crippen LogP contribution >= 0.6 is 0 Å². The Bertz CT molecular complexity index is 1430. The third-order valence-corrected chi connectivity index (χ3v) is 5.19. The van der Waals surface area contributed by atoms with Gasteiger partial charge in [0.15, 0.2) is 11.5 Å². The first kappa shape index (κ1) is 24.9. The van der Waals surface area contributed by atoms with Gasteiger partial charge < -0.3 is 9.47 Å². The van der Waals surface area contributed by atoms with E-state index in [1.807, 2.05) is 0 Å². The fourth-order valence-electron chi connectivity index (χ4n) is 3.50. The van der Waals surface area contributed by atoms with Crippen molar-refractivity contribution in [2.75, 3.05) is 11.6 Å². The van der Waals surface area contributed by atoms with Crippen LogP contribution in [0.5, 0.6) is 11.5 Å². The van der Waals surface area contributed by atoms with Gasteiger partial charge in [0.2, 0.25) is 0 Å². The summed E-state index contributed by atoms with van der Waals surface area (Å²) in [7, 11) is 0. The van der Waals surface area contributed by atoms with Crippen LogP contribution in [0.25, 0.3) is 12.2 Å². The summed E-state index contributed by atoms with van der Waals surface area (Å²) in [5.74, 6) is -1.41. The quantitative estimate of drug-likeness (QED) is 0.124. The van der Waals surface area contributed by atoms with E-state index in [1.165, 1.54) is 41.4 Å². The second-order valence-corrected chi connectivity index (χ2v) is 7.72. The Morgan fingerprint density at radius 1 is 1.00 bits per heavy atom. The molecule has 1 aliphatic heterocycles. The van der Waals surface area contributed by atoms with Crippen LogP contribution in [0.1, 0.15) is 18.1 Å². The van der Waals surface area contributed by atoms with Gasteiger partial charge in [-0.3, -0.25) is 25.1 Å². The van der Waals surface area contributed by atoms with Crippen molar-refractivity contribution >= 4 is 41.3 Å². The number of carbonyl (C=O) groups excluding carboxylic acids is 3. The molecule has 0 aliphatic carbocycles. The molecule has 1 saturated heterocycles. The smallest absolute Gasteiger partial charge is 0.336 e. The molecule has 0 unspecified atom stereocenters. The number of ether oxygens (including phenoxy) is 2. The molecule has 0 bridgehead atoms. The van der Waals surface area contributed by atoms with Crippen LogP contribution in [-0.2, 0) is 14.4 Å². The molecule has 1 aliphatic rings. The molecule has 186 valence electrons. The summed E-state index contributed by atoms with van der Waals surface area (Å²) in [5, 5.41) is 12.1. The maximum Gasteiger partial charge on any atom is 0.336 e. The molecule has 1 heterocycles. The summed E-state index contributed by atoms with van der Waals surface area (Å²) < 4.78 is 11.0. The van der Waals surface area contributed by atoms with Gasteiger partial charge in [-0.05, 0) is 54.5 Å². The highest BCUT2D eigenvalue weighted by atomic mass is 16.6. The topological polar surface area (TPSA) is 128 Å². The van der Waals surface area contributed by atoms with E-state index in [4.69, 9.17) is 9.47 Å². The van der Waals surface area contributed by atoms with Crippen molar-refractivity contribution in [2.45, 2.75) is 6.92 Å². The Balaban J connectivity index is 1.52. The number of hydrogen-bond acceptors (Lipinski definition) is 7. The van der Waals surface area contributed by atoms with Crippen molar-refractivity contribution in [1.82, 2.24) is 5.43 Å². The van der Waals surface area contributed by atoms with Crippen molar-refractivity contribution in [3.63, 3.8) is 0 Å². The number of nitro groups is 1. The summed E-state index contributed by atoms with van der Waals surface area (Å²) in [6, 6.07) is 19.1. The van der Waals surface area contributed by atoms with Crippen LogP contribution in [0.3, 0.4) is 0 Å². The molecule has 0 radical (unpaired) electrons. The van der Waals surface area contributed by atoms with Crippen molar-refractivity contribution in [2.24, 2.45) is 0 Å². The van der Waals surface area contributed by atoms with Crippen molar-refractivity contribution < 1.29 is 28.8 Å². The van der Waals surface area contributed by atoms with Crippen molar-refractivity contribution in [1.29, 1.82) is 0 Å². The predicted molar refractivity (Wildman–Crippen MR) is 135 cm³/mol. The average Bonchev–Trinajstić information content (AvgIpc) is 3.18. The number of nitrogens with one attached hydrogen (secondary N) is 1. The number of carbonyl (C=O) groups is 3. The molecule has 0 aromatic heterocycles. The van der Waals surface area contributed by atoms with Crippen LogP contribution < -0.4 is 19.9 Å². The molecule has 10 nitrogen and oxygen atoms in total. The van der Waals surface area contributed by atoms with Gasteiger partial charge in [-0.15, -0.1) is 0 Å². The van der Waals surface area contributed by atoms with E-state index in [-0.39, 0.29) is 29.4 Å². The van der Waals surface area contributed by atoms with E-state index in [0.717, 1.165) is 6.08 Å². The lowest BCUT2D eigenvalue weighted by Gasteiger charge is -2.13. The first-order valence-electron chi connectivity index (χ1n) is 11.2. The third kappa shape index (κ3) is 5.88. The SMILES string of the molecule is CCOc1cc(/C=C2/C(=O)NN(c3ccccc3)C2=O)ccc1OC(=O)/C=C/c1cccc([N+](=O)[O-])c1. The van der Waals surface area contributed by atoms with Gasteiger partial charge >= 0.3 is 5.97 Å². The average molecular weight is 499 g/mol. The molecule has 2 amide bonds. The Morgan fingerprint density at radius 3 is 2.51 bits per heavy atom. The molecule has 3 aromatic carbocycles. The van der Waals surface area contributed by atoms with Crippen LogP contribution in [0.2, 0.25) is 0 Å². The normalized spacial score (nSPS) is 14.2. The largest absolute Gasteiger partial charge is 0.490 e. The number of hydrogen-bond donors (Lipinski definition) is 1. The highest BCUT2D eigenvalue weighted by Gasteiger charge is 2.34. The number of esters is 1. The first-order valence-corrected chi connectivity index (χ1v) is 11.2. The van der Waals surface area contributed by atoms with Gasteiger partial charge in [-0.25, -0.2) is 9.80 Å².